The number of anilines is 2. The lowest BCUT2D eigenvalue weighted by atomic mass is 9.89. The first-order valence-electron chi connectivity index (χ1n) is 15.2. The number of rotatable bonds is 16. The highest BCUT2D eigenvalue weighted by Gasteiger charge is 2.28. The van der Waals surface area contributed by atoms with Crippen molar-refractivity contribution in [3.63, 3.8) is 0 Å². The molecule has 7 N–H and O–H groups in total. The number of carbonyl (C=O) groups is 4. The highest BCUT2D eigenvalue weighted by Crippen LogP contribution is 2.26. The van der Waals surface area contributed by atoms with Crippen molar-refractivity contribution in [2.45, 2.75) is 71.9 Å². The largest absolute Gasteiger partial charge is 0.480 e. The Morgan fingerprint density at radius 3 is 1.94 bits per heavy atom. The number of halogens is 1. The van der Waals surface area contributed by atoms with Crippen molar-refractivity contribution in [3.8, 4) is 6.19 Å². The summed E-state index contributed by atoms with van der Waals surface area (Å²) in [6, 6.07) is 11.4. The van der Waals surface area contributed by atoms with Crippen LogP contribution in [0.3, 0.4) is 0 Å². The number of nitrogens with zero attached hydrogens (tertiary/aromatic N) is 2. The molecule has 3 atom stereocenters. The summed E-state index contributed by atoms with van der Waals surface area (Å²) in [4.78, 5) is 53.1. The third kappa shape index (κ3) is 14.5. The Labute approximate surface area is 280 Å². The number of nitriles is 1. The Morgan fingerprint density at radius 1 is 0.894 bits per heavy atom. The van der Waals surface area contributed by atoms with Crippen molar-refractivity contribution in [1.29, 1.82) is 5.26 Å². The third-order valence-corrected chi connectivity index (χ3v) is 7.02. The van der Waals surface area contributed by atoms with Crippen LogP contribution < -0.4 is 26.6 Å². The second kappa shape index (κ2) is 18.5. The normalized spacial score (nSPS) is 13.5. The molecule has 47 heavy (non-hydrogen) atoms. The van der Waals surface area contributed by atoms with Crippen LogP contribution in [0.25, 0.3) is 0 Å². The van der Waals surface area contributed by atoms with E-state index in [0.717, 1.165) is 0 Å². The molecule has 0 aromatic heterocycles. The second-order valence-corrected chi connectivity index (χ2v) is 13.1. The van der Waals surface area contributed by atoms with Crippen LogP contribution in [0, 0.1) is 22.8 Å². The summed E-state index contributed by atoms with van der Waals surface area (Å²) in [6.07, 6.45) is 2.34. The number of hydrogen-bond acceptors (Lipinski definition) is 7. The van der Waals surface area contributed by atoms with Gasteiger partial charge in [0.15, 0.2) is 0 Å². The quantitative estimate of drug-likeness (QED) is 0.0581. The number of aliphatic imine (C=N–C) groups is 1. The van der Waals surface area contributed by atoms with Gasteiger partial charge >= 0.3 is 11.9 Å². The van der Waals surface area contributed by atoms with Gasteiger partial charge in [0.25, 0.3) is 0 Å². The first-order chi connectivity index (χ1) is 22.1. The minimum atomic E-state index is -1.23. The maximum Gasteiger partial charge on any atom is 0.327 e. The standard InChI is InChI=1S/C33H44ClN7O6/c1-20(2)16-25(21-6-10-23(11-7-21)38-32(37-19-35)39-24-12-8-22(34)9-13-24)29(43)41-26(30(44)45)14-15-36-18-27(31(46)47)40-28(42)17-33(3,4)5/h6-13,20,25-27,36H,14-18H2,1-5H3,(H,40,42)(H,41,43)(H,44,45)(H,46,47)(H2,37,38,39). The summed E-state index contributed by atoms with van der Waals surface area (Å²) in [5, 5.41) is 43.0. The first kappa shape index (κ1) is 38.5. The van der Waals surface area contributed by atoms with E-state index in [0.29, 0.717) is 28.4 Å². The number of guanidine groups is 1. The number of hydrogen-bond donors (Lipinski definition) is 7. The van der Waals surface area contributed by atoms with Gasteiger partial charge in [0.05, 0.1) is 5.92 Å². The SMILES string of the molecule is CC(C)CC(C(=O)NC(CCNCC(NC(=O)CC(C)(C)C)C(=O)O)C(=O)O)c1ccc(NC(=NC#N)Nc2ccc(Cl)cc2)cc1. The number of nitrogens with one attached hydrogen (secondary N) is 5. The van der Waals surface area contributed by atoms with E-state index in [1.165, 1.54) is 0 Å². The van der Waals surface area contributed by atoms with Gasteiger partial charge in [-0.15, -0.1) is 4.99 Å². The average Bonchev–Trinajstić information content (AvgIpc) is 2.97. The van der Waals surface area contributed by atoms with E-state index < -0.39 is 41.8 Å². The molecule has 0 aliphatic carbocycles. The molecule has 2 aromatic carbocycles. The zero-order chi connectivity index (χ0) is 35.1. The number of carboxylic acid groups (broad SMARTS) is 2. The number of aliphatic carboxylic acids is 2. The van der Waals surface area contributed by atoms with Crippen LogP contribution in [-0.4, -0.2) is 65.1 Å². The predicted octanol–water partition coefficient (Wildman–Crippen LogP) is 4.39. The molecule has 2 aromatic rings. The van der Waals surface area contributed by atoms with Gasteiger partial charge in [-0.2, -0.15) is 5.26 Å². The Bertz CT molecular complexity index is 1430. The summed E-state index contributed by atoms with van der Waals surface area (Å²) in [5.41, 5.74) is 1.61. The van der Waals surface area contributed by atoms with Gasteiger partial charge in [-0.05, 0) is 72.7 Å². The summed E-state index contributed by atoms with van der Waals surface area (Å²) in [7, 11) is 0. The minimum absolute atomic E-state index is 0.0117. The van der Waals surface area contributed by atoms with E-state index in [1.807, 2.05) is 34.6 Å². The molecule has 0 aliphatic rings. The molecule has 0 saturated carbocycles. The van der Waals surface area contributed by atoms with Crippen LogP contribution in [0.2, 0.25) is 5.02 Å². The van der Waals surface area contributed by atoms with E-state index in [9.17, 15) is 29.4 Å². The van der Waals surface area contributed by atoms with Crippen molar-refractivity contribution in [3.05, 3.63) is 59.1 Å². The van der Waals surface area contributed by atoms with Crippen LogP contribution in [0.5, 0.6) is 0 Å². The molecular formula is C33H44ClN7O6. The van der Waals surface area contributed by atoms with Gasteiger partial charge in [-0.1, -0.05) is 58.4 Å². The lowest BCUT2D eigenvalue weighted by molar-refractivity contribution is -0.142. The second-order valence-electron chi connectivity index (χ2n) is 12.7. The van der Waals surface area contributed by atoms with Gasteiger partial charge in [0.1, 0.15) is 12.1 Å². The van der Waals surface area contributed by atoms with Gasteiger partial charge in [0, 0.05) is 29.4 Å². The minimum Gasteiger partial charge on any atom is -0.480 e. The van der Waals surface area contributed by atoms with Crippen molar-refractivity contribution in [2.75, 3.05) is 23.7 Å². The van der Waals surface area contributed by atoms with E-state index in [4.69, 9.17) is 16.9 Å². The zero-order valence-corrected chi connectivity index (χ0v) is 28.0. The average molecular weight is 670 g/mol. The fourth-order valence-electron chi connectivity index (χ4n) is 4.56. The van der Waals surface area contributed by atoms with Crippen molar-refractivity contribution >= 4 is 52.7 Å². The van der Waals surface area contributed by atoms with Gasteiger partial charge < -0.3 is 36.8 Å². The topological polar surface area (TPSA) is 205 Å². The molecule has 2 amide bonds. The lowest BCUT2D eigenvalue weighted by Gasteiger charge is -2.23. The predicted molar refractivity (Wildman–Crippen MR) is 181 cm³/mol. The molecule has 0 aliphatic heterocycles. The molecule has 0 saturated heterocycles. The fraction of sp³-hybridized carbons (Fsp3) is 0.455. The summed E-state index contributed by atoms with van der Waals surface area (Å²) in [5.74, 6) is -3.64. The molecule has 3 unspecified atom stereocenters. The van der Waals surface area contributed by atoms with Crippen LogP contribution in [0.15, 0.2) is 53.5 Å². The van der Waals surface area contributed by atoms with Gasteiger partial charge in [-0.3, -0.25) is 9.59 Å². The molecule has 0 radical (unpaired) electrons. The molecule has 0 bridgehead atoms. The molecular weight excluding hydrogens is 626 g/mol. The smallest absolute Gasteiger partial charge is 0.327 e. The third-order valence-electron chi connectivity index (χ3n) is 6.77. The monoisotopic (exact) mass is 669 g/mol. The summed E-state index contributed by atoms with van der Waals surface area (Å²) >= 11 is 5.94. The lowest BCUT2D eigenvalue weighted by Crippen LogP contribution is -2.49. The molecule has 13 nitrogen and oxygen atoms in total. The zero-order valence-electron chi connectivity index (χ0n) is 27.3. The first-order valence-corrected chi connectivity index (χ1v) is 15.6. The molecule has 0 fully saturated rings. The van der Waals surface area contributed by atoms with Crippen LogP contribution in [0.1, 0.15) is 65.4 Å². The van der Waals surface area contributed by atoms with Gasteiger partial charge in [-0.25, -0.2) is 9.59 Å². The fourth-order valence-corrected chi connectivity index (χ4v) is 4.68. The van der Waals surface area contributed by atoms with Crippen LogP contribution >= 0.6 is 11.6 Å². The number of carbonyl (C=O) groups excluding carboxylic acids is 2. The van der Waals surface area contributed by atoms with Crippen LogP contribution in [0.4, 0.5) is 11.4 Å². The molecule has 2 rings (SSSR count). The Balaban J connectivity index is 2.05. The Hall–Kier alpha value is -4.67. The molecule has 14 heteroatoms. The number of carboxylic acids is 2. The molecule has 254 valence electrons. The van der Waals surface area contributed by atoms with E-state index in [-0.39, 0.29) is 43.2 Å². The number of benzene rings is 2. The van der Waals surface area contributed by atoms with E-state index >= 15 is 0 Å². The van der Waals surface area contributed by atoms with Crippen LogP contribution in [-0.2, 0) is 19.2 Å². The maximum atomic E-state index is 13.4. The summed E-state index contributed by atoms with van der Waals surface area (Å²) < 4.78 is 0. The number of amides is 2. The van der Waals surface area contributed by atoms with Crippen molar-refractivity contribution in [2.24, 2.45) is 16.3 Å². The highest BCUT2D eigenvalue weighted by atomic mass is 35.5. The van der Waals surface area contributed by atoms with Crippen molar-refractivity contribution < 1.29 is 29.4 Å². The molecule has 0 spiro atoms. The summed E-state index contributed by atoms with van der Waals surface area (Å²) in [6.45, 7) is 9.49. The van der Waals surface area contributed by atoms with E-state index in [1.54, 1.807) is 54.7 Å². The Morgan fingerprint density at radius 2 is 1.45 bits per heavy atom. The van der Waals surface area contributed by atoms with Crippen molar-refractivity contribution in [1.82, 2.24) is 16.0 Å². The van der Waals surface area contributed by atoms with E-state index in [2.05, 4.69) is 31.6 Å². The maximum absolute atomic E-state index is 13.4. The molecule has 0 heterocycles. The van der Waals surface area contributed by atoms with Gasteiger partial charge in [0.2, 0.25) is 24.0 Å². The highest BCUT2D eigenvalue weighted by molar-refractivity contribution is 6.30. The Kier molecular flexibility index (Phi) is 15.1.